The van der Waals surface area contributed by atoms with Crippen molar-refractivity contribution in [1.29, 1.82) is 0 Å². The molecule has 5 nitrogen and oxygen atoms in total. The zero-order chi connectivity index (χ0) is 13.8. The van der Waals surface area contributed by atoms with Gasteiger partial charge in [-0.1, -0.05) is 0 Å². The quantitative estimate of drug-likeness (QED) is 0.743. The number of nitrogens with one attached hydrogen (secondary N) is 1. The monoisotopic (exact) mass is 261 g/mol. The Morgan fingerprint density at radius 1 is 1.16 bits per heavy atom. The molecule has 1 N–H and O–H groups in total. The number of pyridine rings is 1. The van der Waals surface area contributed by atoms with E-state index in [0.29, 0.717) is 11.3 Å². The second-order valence-corrected chi connectivity index (χ2v) is 5.79. The Kier molecular flexibility index (Phi) is 2.57. The molecule has 19 heavy (non-hydrogen) atoms. The van der Waals surface area contributed by atoms with E-state index >= 15 is 0 Å². The molecule has 3 heterocycles. The van der Waals surface area contributed by atoms with Crippen molar-refractivity contribution in [2.75, 3.05) is 20.1 Å². The summed E-state index contributed by atoms with van der Waals surface area (Å²) < 4.78 is 1.72. The Hall–Kier alpha value is -1.62. The van der Waals surface area contributed by atoms with Gasteiger partial charge in [0, 0.05) is 31.5 Å². The van der Waals surface area contributed by atoms with Gasteiger partial charge in [0.15, 0.2) is 0 Å². The van der Waals surface area contributed by atoms with Crippen LogP contribution in [0.15, 0.2) is 10.9 Å². The largest absolute Gasteiger partial charge is 0.327 e. The fourth-order valence-corrected chi connectivity index (χ4v) is 3.26. The minimum absolute atomic E-state index is 0.0384. The molecule has 1 amide bonds. The van der Waals surface area contributed by atoms with Crippen LogP contribution in [0.4, 0.5) is 0 Å². The summed E-state index contributed by atoms with van der Waals surface area (Å²) in [5, 5.41) is 3.06. The number of aryl methyl sites for hydroxylation is 2. The minimum Gasteiger partial charge on any atom is -0.327 e. The van der Waals surface area contributed by atoms with Crippen LogP contribution in [0, 0.1) is 13.8 Å². The molecule has 0 aromatic carbocycles. The van der Waals surface area contributed by atoms with Crippen molar-refractivity contribution in [2.24, 2.45) is 0 Å². The van der Waals surface area contributed by atoms with Crippen LogP contribution in [0.25, 0.3) is 0 Å². The van der Waals surface area contributed by atoms with Crippen LogP contribution in [0.3, 0.4) is 0 Å². The molecule has 3 rings (SSSR count). The highest BCUT2D eigenvalue weighted by molar-refractivity contribution is 5.96. The molecule has 0 radical (unpaired) electrons. The van der Waals surface area contributed by atoms with E-state index in [0.717, 1.165) is 31.5 Å². The number of rotatable bonds is 0. The average Bonchev–Trinajstić information content (AvgIpc) is 2.64. The molecule has 0 aliphatic carbocycles. The van der Waals surface area contributed by atoms with E-state index in [1.54, 1.807) is 4.57 Å². The Bertz CT molecular complexity index is 610. The zero-order valence-electron chi connectivity index (χ0n) is 11.6. The maximum Gasteiger partial charge on any atom is 0.270 e. The van der Waals surface area contributed by atoms with Gasteiger partial charge >= 0.3 is 0 Å². The van der Waals surface area contributed by atoms with Crippen LogP contribution >= 0.6 is 0 Å². The predicted molar refractivity (Wildman–Crippen MR) is 72.3 cm³/mol. The summed E-state index contributed by atoms with van der Waals surface area (Å²) in [6, 6.07) is 1.81. The van der Waals surface area contributed by atoms with Crippen LogP contribution in [0.5, 0.6) is 0 Å². The van der Waals surface area contributed by atoms with Crippen LogP contribution in [0.1, 0.15) is 34.5 Å². The summed E-state index contributed by atoms with van der Waals surface area (Å²) in [4.78, 5) is 26.9. The summed E-state index contributed by atoms with van der Waals surface area (Å²) in [5.41, 5.74) is 1.58. The molecule has 1 fully saturated rings. The third-order valence-corrected chi connectivity index (χ3v) is 4.37. The lowest BCUT2D eigenvalue weighted by Crippen LogP contribution is -2.54. The first-order valence-corrected chi connectivity index (χ1v) is 6.69. The van der Waals surface area contributed by atoms with E-state index in [9.17, 15) is 9.59 Å². The third kappa shape index (κ3) is 1.64. The SMILES string of the molecule is Cc1cc(C)c(=O)n2c1C(=O)NC21CCN(C)CC1. The third-order valence-electron chi connectivity index (χ3n) is 4.37. The Morgan fingerprint density at radius 3 is 2.42 bits per heavy atom. The van der Waals surface area contributed by atoms with Gasteiger partial charge in [0.1, 0.15) is 11.4 Å². The topological polar surface area (TPSA) is 54.3 Å². The van der Waals surface area contributed by atoms with Crippen molar-refractivity contribution in [1.82, 2.24) is 14.8 Å². The Balaban J connectivity index is 2.21. The Morgan fingerprint density at radius 2 is 1.79 bits per heavy atom. The fourth-order valence-electron chi connectivity index (χ4n) is 3.26. The molecule has 0 unspecified atom stereocenters. The number of piperidine rings is 1. The molecule has 2 aliphatic rings. The smallest absolute Gasteiger partial charge is 0.270 e. The Labute approximate surface area is 112 Å². The van der Waals surface area contributed by atoms with Crippen molar-refractivity contribution >= 4 is 5.91 Å². The summed E-state index contributed by atoms with van der Waals surface area (Å²) in [5.74, 6) is -0.112. The lowest BCUT2D eigenvalue weighted by atomic mass is 9.97. The van der Waals surface area contributed by atoms with E-state index in [-0.39, 0.29) is 11.5 Å². The van der Waals surface area contributed by atoms with Gasteiger partial charge in [0.2, 0.25) is 0 Å². The molecule has 0 bridgehead atoms. The highest BCUT2D eigenvalue weighted by Crippen LogP contribution is 2.32. The van der Waals surface area contributed by atoms with Gasteiger partial charge in [0.25, 0.3) is 11.5 Å². The molecule has 5 heteroatoms. The maximum absolute atomic E-state index is 12.5. The van der Waals surface area contributed by atoms with E-state index < -0.39 is 5.66 Å². The molecule has 1 saturated heterocycles. The first kappa shape index (κ1) is 12.4. The zero-order valence-corrected chi connectivity index (χ0v) is 11.6. The average molecular weight is 261 g/mol. The van der Waals surface area contributed by atoms with Crippen LogP contribution < -0.4 is 10.9 Å². The molecule has 0 atom stereocenters. The number of likely N-dealkylation sites (tertiary alicyclic amines) is 1. The minimum atomic E-state index is -0.507. The van der Waals surface area contributed by atoms with Crippen molar-refractivity contribution in [3.63, 3.8) is 0 Å². The van der Waals surface area contributed by atoms with Gasteiger partial charge in [-0.05, 0) is 32.5 Å². The summed E-state index contributed by atoms with van der Waals surface area (Å²) >= 11 is 0. The summed E-state index contributed by atoms with van der Waals surface area (Å²) in [6.07, 6.45) is 1.57. The number of nitrogens with zero attached hydrogens (tertiary/aromatic N) is 2. The first-order valence-electron chi connectivity index (χ1n) is 6.69. The van der Waals surface area contributed by atoms with Crippen molar-refractivity contribution in [2.45, 2.75) is 32.4 Å². The lowest BCUT2D eigenvalue weighted by molar-refractivity contribution is 0.0798. The molecular formula is C14H19N3O2. The standard InChI is InChI=1S/C14H19N3O2/c1-9-8-10(2)13(19)17-11(9)12(18)15-14(17)4-6-16(3)7-5-14/h8H,4-7H2,1-3H3,(H,15,18). The summed E-state index contributed by atoms with van der Waals surface area (Å²) in [6.45, 7) is 5.48. The highest BCUT2D eigenvalue weighted by Gasteiger charge is 2.45. The van der Waals surface area contributed by atoms with E-state index in [1.807, 2.05) is 19.9 Å². The first-order chi connectivity index (χ1) is 8.94. The van der Waals surface area contributed by atoms with E-state index in [1.165, 1.54) is 0 Å². The fraction of sp³-hybridized carbons (Fsp3) is 0.571. The second-order valence-electron chi connectivity index (χ2n) is 5.79. The number of carbonyl (C=O) groups is 1. The number of hydrogen-bond acceptors (Lipinski definition) is 3. The normalized spacial score (nSPS) is 21.5. The molecular weight excluding hydrogens is 242 g/mol. The van der Waals surface area contributed by atoms with Gasteiger partial charge in [-0.2, -0.15) is 0 Å². The van der Waals surface area contributed by atoms with Crippen molar-refractivity contribution < 1.29 is 4.79 Å². The molecule has 1 spiro atoms. The highest BCUT2D eigenvalue weighted by atomic mass is 16.2. The molecule has 1 aromatic rings. The predicted octanol–water partition coefficient (Wildman–Crippen LogP) is 0.587. The second kappa shape index (κ2) is 3.93. The van der Waals surface area contributed by atoms with Gasteiger partial charge in [-0.3, -0.25) is 14.2 Å². The van der Waals surface area contributed by atoms with Crippen molar-refractivity contribution in [3.05, 3.63) is 33.2 Å². The van der Waals surface area contributed by atoms with Crippen LogP contribution in [0.2, 0.25) is 0 Å². The lowest BCUT2D eigenvalue weighted by Gasteiger charge is -2.39. The number of amides is 1. The van der Waals surface area contributed by atoms with Crippen molar-refractivity contribution in [3.8, 4) is 0 Å². The number of hydrogen-bond donors (Lipinski definition) is 1. The maximum atomic E-state index is 12.5. The number of carbonyl (C=O) groups excluding carboxylic acids is 1. The van der Waals surface area contributed by atoms with Gasteiger partial charge < -0.3 is 10.2 Å². The van der Waals surface area contributed by atoms with Crippen LogP contribution in [-0.4, -0.2) is 35.5 Å². The van der Waals surface area contributed by atoms with E-state index in [4.69, 9.17) is 0 Å². The number of fused-ring (bicyclic) bond motifs is 2. The van der Waals surface area contributed by atoms with Gasteiger partial charge in [-0.15, -0.1) is 0 Å². The van der Waals surface area contributed by atoms with Crippen LogP contribution in [-0.2, 0) is 5.66 Å². The number of aromatic nitrogens is 1. The molecule has 0 saturated carbocycles. The van der Waals surface area contributed by atoms with E-state index in [2.05, 4.69) is 17.3 Å². The molecule has 2 aliphatic heterocycles. The summed E-state index contributed by atoms with van der Waals surface area (Å²) in [7, 11) is 2.06. The molecule has 102 valence electrons. The van der Waals surface area contributed by atoms with Gasteiger partial charge in [-0.25, -0.2) is 0 Å². The van der Waals surface area contributed by atoms with Gasteiger partial charge in [0.05, 0.1) is 0 Å². The molecule has 1 aromatic heterocycles.